The highest BCUT2D eigenvalue weighted by Gasteiger charge is 2.15. The first kappa shape index (κ1) is 16.0. The molecule has 1 fully saturated rings. The second-order valence-corrected chi connectivity index (χ2v) is 5.80. The smallest absolute Gasteiger partial charge is 0.224 e. The van der Waals surface area contributed by atoms with Gasteiger partial charge < -0.3 is 15.0 Å². The van der Waals surface area contributed by atoms with E-state index in [2.05, 4.69) is 38.2 Å². The molecule has 1 aromatic rings. The first-order valence-electron chi connectivity index (χ1n) is 7.71. The van der Waals surface area contributed by atoms with Gasteiger partial charge in [-0.05, 0) is 37.5 Å². The molecule has 1 amide bonds. The van der Waals surface area contributed by atoms with Gasteiger partial charge in [-0.2, -0.15) is 0 Å². The average molecular weight is 290 g/mol. The molecule has 4 nitrogen and oxygen atoms in total. The van der Waals surface area contributed by atoms with Crippen molar-refractivity contribution in [2.45, 2.75) is 33.7 Å². The van der Waals surface area contributed by atoms with Gasteiger partial charge in [0, 0.05) is 32.6 Å². The summed E-state index contributed by atoms with van der Waals surface area (Å²) in [5, 5.41) is 3.39. The fourth-order valence-corrected chi connectivity index (χ4v) is 2.87. The van der Waals surface area contributed by atoms with Crippen molar-refractivity contribution in [1.82, 2.24) is 10.2 Å². The number of ether oxygens (including phenoxy) is 1. The number of amides is 1. The standard InChI is InChI=1S/C17H26N2O2/c1-13-10-14(2)16(15(3)11-13)12-18-5-4-17(20)19-6-8-21-9-7-19/h10-11,18H,4-9,12H2,1-3H3. The van der Waals surface area contributed by atoms with Crippen LogP contribution in [0.15, 0.2) is 12.1 Å². The third-order valence-electron chi connectivity index (χ3n) is 4.02. The molecular formula is C17H26N2O2. The van der Waals surface area contributed by atoms with Crippen LogP contribution < -0.4 is 5.32 Å². The minimum absolute atomic E-state index is 0.225. The Hall–Kier alpha value is -1.39. The van der Waals surface area contributed by atoms with Crippen LogP contribution in [0.4, 0.5) is 0 Å². The minimum atomic E-state index is 0.225. The molecular weight excluding hydrogens is 264 g/mol. The fourth-order valence-electron chi connectivity index (χ4n) is 2.87. The van der Waals surface area contributed by atoms with Crippen molar-refractivity contribution in [2.24, 2.45) is 0 Å². The summed E-state index contributed by atoms with van der Waals surface area (Å²) in [4.78, 5) is 13.9. The highest BCUT2D eigenvalue weighted by Crippen LogP contribution is 2.16. The van der Waals surface area contributed by atoms with E-state index in [1.54, 1.807) is 0 Å². The highest BCUT2D eigenvalue weighted by molar-refractivity contribution is 5.76. The molecule has 21 heavy (non-hydrogen) atoms. The van der Waals surface area contributed by atoms with Crippen LogP contribution >= 0.6 is 0 Å². The van der Waals surface area contributed by atoms with Gasteiger partial charge in [0.2, 0.25) is 5.91 Å². The molecule has 0 aliphatic carbocycles. The summed E-state index contributed by atoms with van der Waals surface area (Å²) in [6.45, 7) is 10.8. The largest absolute Gasteiger partial charge is 0.378 e. The maximum atomic E-state index is 12.0. The number of carbonyl (C=O) groups is 1. The molecule has 1 N–H and O–H groups in total. The normalized spacial score (nSPS) is 15.3. The second-order valence-electron chi connectivity index (χ2n) is 5.80. The van der Waals surface area contributed by atoms with E-state index < -0.39 is 0 Å². The predicted molar refractivity (Wildman–Crippen MR) is 84.4 cm³/mol. The Kier molecular flexibility index (Phi) is 5.76. The summed E-state index contributed by atoms with van der Waals surface area (Å²) in [6.07, 6.45) is 0.559. The number of nitrogens with one attached hydrogen (secondary N) is 1. The van der Waals surface area contributed by atoms with Gasteiger partial charge in [-0.25, -0.2) is 0 Å². The monoisotopic (exact) mass is 290 g/mol. The van der Waals surface area contributed by atoms with Crippen molar-refractivity contribution < 1.29 is 9.53 Å². The zero-order chi connectivity index (χ0) is 15.2. The van der Waals surface area contributed by atoms with Crippen molar-refractivity contribution in [3.05, 3.63) is 34.4 Å². The summed E-state index contributed by atoms with van der Waals surface area (Å²) in [6, 6.07) is 4.42. The zero-order valence-electron chi connectivity index (χ0n) is 13.4. The first-order valence-corrected chi connectivity index (χ1v) is 7.71. The maximum Gasteiger partial charge on any atom is 0.224 e. The van der Waals surface area contributed by atoms with Crippen LogP contribution in [-0.2, 0) is 16.1 Å². The van der Waals surface area contributed by atoms with Crippen LogP contribution in [-0.4, -0.2) is 43.7 Å². The molecule has 0 spiro atoms. The lowest BCUT2D eigenvalue weighted by Gasteiger charge is -2.26. The maximum absolute atomic E-state index is 12.0. The number of hydrogen-bond acceptors (Lipinski definition) is 3. The lowest BCUT2D eigenvalue weighted by Crippen LogP contribution is -2.41. The van der Waals surface area contributed by atoms with Gasteiger partial charge in [-0.3, -0.25) is 4.79 Å². The Morgan fingerprint density at radius 1 is 1.19 bits per heavy atom. The summed E-state index contributed by atoms with van der Waals surface area (Å²) < 4.78 is 5.26. The Bertz CT molecular complexity index is 471. The van der Waals surface area contributed by atoms with Gasteiger partial charge in [-0.15, -0.1) is 0 Å². The van der Waals surface area contributed by atoms with E-state index in [1.165, 1.54) is 22.3 Å². The van der Waals surface area contributed by atoms with Crippen LogP contribution in [0.1, 0.15) is 28.7 Å². The molecule has 0 saturated carbocycles. The third kappa shape index (κ3) is 4.55. The molecule has 1 aliphatic heterocycles. The van der Waals surface area contributed by atoms with E-state index in [1.807, 2.05) is 4.90 Å². The zero-order valence-corrected chi connectivity index (χ0v) is 13.4. The van der Waals surface area contributed by atoms with E-state index in [0.29, 0.717) is 19.6 Å². The highest BCUT2D eigenvalue weighted by atomic mass is 16.5. The molecule has 1 heterocycles. The molecule has 0 atom stereocenters. The molecule has 1 saturated heterocycles. The molecule has 1 aliphatic rings. The van der Waals surface area contributed by atoms with Gasteiger partial charge >= 0.3 is 0 Å². The van der Waals surface area contributed by atoms with Crippen LogP contribution in [0.3, 0.4) is 0 Å². The van der Waals surface area contributed by atoms with E-state index in [0.717, 1.165) is 26.2 Å². The Labute approximate surface area is 127 Å². The number of aryl methyl sites for hydroxylation is 3. The molecule has 116 valence electrons. The van der Waals surface area contributed by atoms with Crippen LogP contribution in [0.5, 0.6) is 0 Å². The molecule has 4 heteroatoms. The van der Waals surface area contributed by atoms with Crippen LogP contribution in [0.25, 0.3) is 0 Å². The van der Waals surface area contributed by atoms with Gasteiger partial charge in [0.15, 0.2) is 0 Å². The molecule has 0 radical (unpaired) electrons. The number of benzene rings is 1. The Morgan fingerprint density at radius 3 is 2.43 bits per heavy atom. The van der Waals surface area contributed by atoms with Crippen molar-refractivity contribution in [3.63, 3.8) is 0 Å². The topological polar surface area (TPSA) is 41.6 Å². The fraction of sp³-hybridized carbons (Fsp3) is 0.588. The Morgan fingerprint density at radius 2 is 1.81 bits per heavy atom. The van der Waals surface area contributed by atoms with Gasteiger partial charge in [0.25, 0.3) is 0 Å². The Balaban J connectivity index is 1.76. The number of morpholine rings is 1. The van der Waals surface area contributed by atoms with Gasteiger partial charge in [0.05, 0.1) is 13.2 Å². The molecule has 1 aromatic carbocycles. The lowest BCUT2D eigenvalue weighted by molar-refractivity contribution is -0.135. The number of nitrogens with zero attached hydrogens (tertiary/aromatic N) is 1. The number of hydrogen-bond donors (Lipinski definition) is 1. The van der Waals surface area contributed by atoms with E-state index in [9.17, 15) is 4.79 Å². The predicted octanol–water partition coefficient (Wildman–Crippen LogP) is 1.95. The van der Waals surface area contributed by atoms with Gasteiger partial charge in [-0.1, -0.05) is 17.7 Å². The quantitative estimate of drug-likeness (QED) is 0.843. The van der Waals surface area contributed by atoms with Crippen molar-refractivity contribution in [2.75, 3.05) is 32.8 Å². The number of carbonyl (C=O) groups excluding carboxylic acids is 1. The summed E-state index contributed by atoms with van der Waals surface area (Å²) in [7, 11) is 0. The summed E-state index contributed by atoms with van der Waals surface area (Å²) in [5.41, 5.74) is 5.29. The van der Waals surface area contributed by atoms with E-state index >= 15 is 0 Å². The van der Waals surface area contributed by atoms with E-state index in [-0.39, 0.29) is 5.91 Å². The lowest BCUT2D eigenvalue weighted by atomic mass is 10.00. The van der Waals surface area contributed by atoms with E-state index in [4.69, 9.17) is 4.74 Å². The summed E-state index contributed by atoms with van der Waals surface area (Å²) >= 11 is 0. The van der Waals surface area contributed by atoms with Crippen molar-refractivity contribution >= 4 is 5.91 Å². The van der Waals surface area contributed by atoms with Crippen LogP contribution in [0, 0.1) is 20.8 Å². The first-order chi connectivity index (χ1) is 10.1. The van der Waals surface area contributed by atoms with Crippen molar-refractivity contribution in [3.8, 4) is 0 Å². The third-order valence-corrected chi connectivity index (χ3v) is 4.02. The minimum Gasteiger partial charge on any atom is -0.378 e. The second kappa shape index (κ2) is 7.57. The molecule has 2 rings (SSSR count). The van der Waals surface area contributed by atoms with Crippen LogP contribution in [0.2, 0.25) is 0 Å². The number of rotatable bonds is 5. The molecule has 0 unspecified atom stereocenters. The molecule has 0 aromatic heterocycles. The molecule has 0 bridgehead atoms. The average Bonchev–Trinajstić information content (AvgIpc) is 2.46. The summed E-state index contributed by atoms with van der Waals surface area (Å²) in [5.74, 6) is 0.225. The van der Waals surface area contributed by atoms with Crippen molar-refractivity contribution in [1.29, 1.82) is 0 Å². The SMILES string of the molecule is Cc1cc(C)c(CNCCC(=O)N2CCOCC2)c(C)c1. The van der Waals surface area contributed by atoms with Gasteiger partial charge in [0.1, 0.15) is 0 Å².